The van der Waals surface area contributed by atoms with Crippen molar-refractivity contribution in [2.24, 2.45) is 0 Å². The first-order valence-electron chi connectivity index (χ1n) is 8.61. The van der Waals surface area contributed by atoms with Gasteiger partial charge in [0, 0.05) is 24.8 Å². The standard InChI is InChI=1S/C16H30N2O3S/c1-22(20,21)13-8-15(19)17-14-16(9-4-2-5-10-16)18-11-6-3-7-12-18/h2-14H2,1H3,(H,17,19). The van der Waals surface area contributed by atoms with Crippen molar-refractivity contribution in [2.75, 3.05) is 31.6 Å². The molecule has 6 heteroatoms. The molecule has 2 aliphatic rings. The van der Waals surface area contributed by atoms with Gasteiger partial charge in [0.1, 0.15) is 9.84 Å². The summed E-state index contributed by atoms with van der Waals surface area (Å²) in [4.78, 5) is 14.6. The Morgan fingerprint density at radius 2 is 1.64 bits per heavy atom. The molecule has 0 aromatic carbocycles. The monoisotopic (exact) mass is 330 g/mol. The van der Waals surface area contributed by atoms with Gasteiger partial charge < -0.3 is 5.32 Å². The first kappa shape index (κ1) is 17.7. The molecule has 0 atom stereocenters. The number of hydrogen-bond donors (Lipinski definition) is 1. The van der Waals surface area contributed by atoms with Crippen LogP contribution in [0.1, 0.15) is 57.8 Å². The van der Waals surface area contributed by atoms with Gasteiger partial charge in [-0.25, -0.2) is 8.42 Å². The fourth-order valence-corrected chi connectivity index (χ4v) is 4.37. The number of carbonyl (C=O) groups is 1. The van der Waals surface area contributed by atoms with Gasteiger partial charge in [-0.3, -0.25) is 9.69 Å². The summed E-state index contributed by atoms with van der Waals surface area (Å²) in [6.07, 6.45) is 11.1. The van der Waals surface area contributed by atoms with Crippen LogP contribution in [0.25, 0.3) is 0 Å². The van der Waals surface area contributed by atoms with E-state index in [1.165, 1.54) is 44.8 Å². The van der Waals surface area contributed by atoms with Crippen molar-refractivity contribution in [1.82, 2.24) is 10.2 Å². The number of sulfone groups is 1. The predicted molar refractivity (Wildman–Crippen MR) is 88.6 cm³/mol. The summed E-state index contributed by atoms with van der Waals surface area (Å²) in [5.74, 6) is -0.192. The zero-order chi connectivity index (χ0) is 16.1. The quantitative estimate of drug-likeness (QED) is 0.805. The van der Waals surface area contributed by atoms with Gasteiger partial charge >= 0.3 is 0 Å². The van der Waals surface area contributed by atoms with Crippen LogP contribution >= 0.6 is 0 Å². The van der Waals surface area contributed by atoms with Crippen LogP contribution < -0.4 is 5.32 Å². The van der Waals surface area contributed by atoms with Crippen molar-refractivity contribution in [3.8, 4) is 0 Å². The number of likely N-dealkylation sites (tertiary alicyclic amines) is 1. The van der Waals surface area contributed by atoms with Crippen LogP contribution in [0.4, 0.5) is 0 Å². The highest BCUT2D eigenvalue weighted by atomic mass is 32.2. The van der Waals surface area contributed by atoms with Crippen LogP contribution in [0, 0.1) is 0 Å². The summed E-state index contributed by atoms with van der Waals surface area (Å²) in [6.45, 7) is 2.95. The third-order valence-electron chi connectivity index (χ3n) is 5.13. The number of hydrogen-bond acceptors (Lipinski definition) is 4. The van der Waals surface area contributed by atoms with Gasteiger partial charge in [-0.1, -0.05) is 25.7 Å². The van der Waals surface area contributed by atoms with Gasteiger partial charge in [-0.2, -0.15) is 0 Å². The molecule has 0 radical (unpaired) electrons. The van der Waals surface area contributed by atoms with Gasteiger partial charge in [-0.15, -0.1) is 0 Å². The fraction of sp³-hybridized carbons (Fsp3) is 0.938. The van der Waals surface area contributed by atoms with Crippen molar-refractivity contribution in [2.45, 2.75) is 63.3 Å². The van der Waals surface area contributed by atoms with Gasteiger partial charge in [0.25, 0.3) is 0 Å². The molecule has 0 bridgehead atoms. The lowest BCUT2D eigenvalue weighted by Crippen LogP contribution is -2.58. The summed E-state index contributed by atoms with van der Waals surface area (Å²) in [6, 6.07) is 0. The minimum absolute atomic E-state index is 0.0600. The summed E-state index contributed by atoms with van der Waals surface area (Å²) < 4.78 is 22.3. The van der Waals surface area contributed by atoms with E-state index in [4.69, 9.17) is 0 Å². The molecule has 1 aliphatic carbocycles. The number of rotatable bonds is 6. The molecule has 0 aromatic rings. The lowest BCUT2D eigenvalue weighted by atomic mass is 9.79. The van der Waals surface area contributed by atoms with Crippen LogP contribution in [0.3, 0.4) is 0 Å². The molecule has 0 spiro atoms. The molecule has 128 valence electrons. The number of piperidine rings is 1. The maximum atomic E-state index is 12.0. The summed E-state index contributed by atoms with van der Waals surface area (Å²) >= 11 is 0. The first-order chi connectivity index (χ1) is 10.4. The van der Waals surface area contributed by atoms with E-state index in [1.807, 2.05) is 0 Å². The van der Waals surface area contributed by atoms with Gasteiger partial charge in [0.2, 0.25) is 5.91 Å². The van der Waals surface area contributed by atoms with Crippen LogP contribution in [0.2, 0.25) is 0 Å². The summed E-state index contributed by atoms with van der Waals surface area (Å²) in [5, 5.41) is 3.02. The van der Waals surface area contributed by atoms with E-state index in [0.29, 0.717) is 6.54 Å². The van der Waals surface area contributed by atoms with Crippen molar-refractivity contribution >= 4 is 15.7 Å². The number of amides is 1. The Kier molecular flexibility index (Phi) is 6.26. The summed E-state index contributed by atoms with van der Waals surface area (Å²) in [7, 11) is -3.07. The van der Waals surface area contributed by atoms with Crippen molar-refractivity contribution in [3.05, 3.63) is 0 Å². The second-order valence-electron chi connectivity index (χ2n) is 6.99. The summed E-state index contributed by atoms with van der Waals surface area (Å²) in [5.41, 5.74) is 0.111. The Hall–Kier alpha value is -0.620. The SMILES string of the molecule is CS(=O)(=O)CCC(=O)NCC1(N2CCCCC2)CCCCC1. The van der Waals surface area contributed by atoms with Crippen LogP contribution in [0.5, 0.6) is 0 Å². The van der Waals surface area contributed by atoms with Gasteiger partial charge in [0.15, 0.2) is 0 Å². The van der Waals surface area contributed by atoms with Gasteiger partial charge in [0.05, 0.1) is 5.75 Å². The van der Waals surface area contributed by atoms with Crippen molar-refractivity contribution in [1.29, 1.82) is 0 Å². The van der Waals surface area contributed by atoms with E-state index in [2.05, 4.69) is 10.2 Å². The van der Waals surface area contributed by atoms with Crippen LogP contribution in [-0.4, -0.2) is 56.4 Å². The number of carbonyl (C=O) groups excluding carboxylic acids is 1. The lowest BCUT2D eigenvalue weighted by Gasteiger charge is -2.48. The Morgan fingerprint density at radius 1 is 1.05 bits per heavy atom. The molecular weight excluding hydrogens is 300 g/mol. The zero-order valence-corrected chi connectivity index (χ0v) is 14.6. The first-order valence-corrected chi connectivity index (χ1v) is 10.7. The normalized spacial score (nSPS) is 23.1. The Bertz CT molecular complexity index is 464. The molecule has 0 unspecified atom stereocenters. The molecule has 2 rings (SSSR count). The van der Waals surface area contributed by atoms with Crippen LogP contribution in [-0.2, 0) is 14.6 Å². The Morgan fingerprint density at radius 3 is 2.23 bits per heavy atom. The second kappa shape index (κ2) is 7.77. The third kappa shape index (κ3) is 5.23. The smallest absolute Gasteiger partial charge is 0.221 e. The minimum Gasteiger partial charge on any atom is -0.354 e. The highest BCUT2D eigenvalue weighted by Gasteiger charge is 2.38. The molecule has 1 amide bonds. The van der Waals surface area contributed by atoms with Crippen LogP contribution in [0.15, 0.2) is 0 Å². The molecule has 22 heavy (non-hydrogen) atoms. The zero-order valence-electron chi connectivity index (χ0n) is 13.8. The average Bonchev–Trinajstić information content (AvgIpc) is 2.52. The third-order valence-corrected chi connectivity index (χ3v) is 6.07. The maximum Gasteiger partial charge on any atom is 0.221 e. The molecule has 5 nitrogen and oxygen atoms in total. The molecular formula is C16H30N2O3S. The Balaban J connectivity index is 1.90. The van der Waals surface area contributed by atoms with Crippen molar-refractivity contribution in [3.63, 3.8) is 0 Å². The topological polar surface area (TPSA) is 66.5 Å². The van der Waals surface area contributed by atoms with E-state index < -0.39 is 9.84 Å². The number of nitrogens with one attached hydrogen (secondary N) is 1. The van der Waals surface area contributed by atoms with E-state index in [9.17, 15) is 13.2 Å². The fourth-order valence-electron chi connectivity index (χ4n) is 3.81. The van der Waals surface area contributed by atoms with Gasteiger partial charge in [-0.05, 0) is 38.8 Å². The molecule has 0 aromatic heterocycles. The maximum absolute atomic E-state index is 12.0. The predicted octanol–water partition coefficient (Wildman–Crippen LogP) is 1.73. The van der Waals surface area contributed by atoms with E-state index >= 15 is 0 Å². The number of nitrogens with zero attached hydrogens (tertiary/aromatic N) is 1. The Labute approximate surface area is 134 Å². The molecule has 2 fully saturated rings. The average molecular weight is 330 g/mol. The minimum atomic E-state index is -3.07. The second-order valence-corrected chi connectivity index (χ2v) is 9.25. The van der Waals surface area contributed by atoms with E-state index in [-0.39, 0.29) is 23.6 Å². The highest BCUT2D eigenvalue weighted by molar-refractivity contribution is 7.90. The molecule has 1 aliphatic heterocycles. The largest absolute Gasteiger partial charge is 0.354 e. The van der Waals surface area contributed by atoms with E-state index in [0.717, 1.165) is 25.9 Å². The highest BCUT2D eigenvalue weighted by Crippen LogP contribution is 2.35. The van der Waals surface area contributed by atoms with Crippen molar-refractivity contribution < 1.29 is 13.2 Å². The molecule has 1 heterocycles. The molecule has 1 N–H and O–H groups in total. The van der Waals surface area contributed by atoms with E-state index in [1.54, 1.807) is 0 Å². The molecule has 1 saturated carbocycles. The lowest BCUT2D eigenvalue weighted by molar-refractivity contribution is -0.121. The molecule has 1 saturated heterocycles.